The fourth-order valence-electron chi connectivity index (χ4n) is 1.72. The molecule has 0 spiro atoms. The Morgan fingerprint density at radius 1 is 1.06 bits per heavy atom. The lowest BCUT2D eigenvalue weighted by molar-refractivity contribution is 0.306. The van der Waals surface area contributed by atoms with Crippen molar-refractivity contribution in [3.8, 4) is 17.1 Å². The minimum atomic E-state index is 0.733. The molecule has 0 amide bonds. The number of unbranched alkanes of at least 4 members (excludes halogenated alkanes) is 2. The molecule has 0 radical (unpaired) electrons. The molecular formula is C15H18N2O. The Kier molecular flexibility index (Phi) is 4.70. The molecule has 18 heavy (non-hydrogen) atoms. The Labute approximate surface area is 108 Å². The van der Waals surface area contributed by atoms with Crippen LogP contribution in [-0.2, 0) is 0 Å². The lowest BCUT2D eigenvalue weighted by Gasteiger charge is -2.07. The van der Waals surface area contributed by atoms with E-state index in [1.165, 1.54) is 12.8 Å². The van der Waals surface area contributed by atoms with E-state index in [1.807, 2.05) is 30.3 Å². The summed E-state index contributed by atoms with van der Waals surface area (Å²) in [5.74, 6) is 1.62. The van der Waals surface area contributed by atoms with Gasteiger partial charge >= 0.3 is 0 Å². The van der Waals surface area contributed by atoms with Crippen molar-refractivity contribution < 1.29 is 4.74 Å². The molecule has 0 fully saturated rings. The van der Waals surface area contributed by atoms with E-state index in [-0.39, 0.29) is 0 Å². The van der Waals surface area contributed by atoms with Crippen molar-refractivity contribution in [1.29, 1.82) is 0 Å². The highest BCUT2D eigenvalue weighted by Crippen LogP contribution is 2.20. The molecule has 1 heterocycles. The highest BCUT2D eigenvalue weighted by Gasteiger charge is 2.01. The van der Waals surface area contributed by atoms with Gasteiger partial charge < -0.3 is 4.74 Å². The Bertz CT molecular complexity index is 471. The van der Waals surface area contributed by atoms with E-state index in [9.17, 15) is 0 Å². The van der Waals surface area contributed by atoms with Gasteiger partial charge in [-0.05, 0) is 24.6 Å². The van der Waals surface area contributed by atoms with Gasteiger partial charge in [-0.25, -0.2) is 9.97 Å². The molecule has 0 aliphatic rings. The summed E-state index contributed by atoms with van der Waals surface area (Å²) >= 11 is 0. The van der Waals surface area contributed by atoms with Crippen LogP contribution in [0.4, 0.5) is 0 Å². The van der Waals surface area contributed by atoms with Crippen molar-refractivity contribution in [3.63, 3.8) is 0 Å². The Hall–Kier alpha value is -1.90. The normalized spacial score (nSPS) is 10.3. The first-order valence-electron chi connectivity index (χ1n) is 6.40. The first-order chi connectivity index (χ1) is 8.90. The van der Waals surface area contributed by atoms with E-state index in [2.05, 4.69) is 16.9 Å². The number of aromatic nitrogens is 2. The topological polar surface area (TPSA) is 35.0 Å². The van der Waals surface area contributed by atoms with Gasteiger partial charge in [-0.1, -0.05) is 31.9 Å². The van der Waals surface area contributed by atoms with Crippen LogP contribution in [0, 0.1) is 0 Å². The van der Waals surface area contributed by atoms with Gasteiger partial charge in [0.05, 0.1) is 6.61 Å². The number of ether oxygens (including phenoxy) is 1. The third kappa shape index (κ3) is 3.55. The quantitative estimate of drug-likeness (QED) is 0.724. The number of hydrogen-bond acceptors (Lipinski definition) is 3. The van der Waals surface area contributed by atoms with Crippen molar-refractivity contribution in [2.75, 3.05) is 6.61 Å². The molecule has 0 unspecified atom stereocenters. The maximum absolute atomic E-state index is 5.71. The summed E-state index contributed by atoms with van der Waals surface area (Å²) in [5.41, 5.74) is 0.989. The summed E-state index contributed by atoms with van der Waals surface area (Å²) in [5, 5.41) is 0. The second kappa shape index (κ2) is 6.74. The summed E-state index contributed by atoms with van der Waals surface area (Å²) in [6.07, 6.45) is 7.01. The molecule has 0 aliphatic carbocycles. The smallest absolute Gasteiger partial charge is 0.159 e. The molecule has 0 bridgehead atoms. The van der Waals surface area contributed by atoms with Crippen LogP contribution in [0.2, 0.25) is 0 Å². The Balaban J connectivity index is 2.02. The summed E-state index contributed by atoms with van der Waals surface area (Å²) in [6, 6.07) is 9.74. The van der Waals surface area contributed by atoms with Gasteiger partial charge in [0.2, 0.25) is 0 Å². The monoisotopic (exact) mass is 242 g/mol. The number of benzene rings is 1. The molecule has 0 aliphatic heterocycles. The van der Waals surface area contributed by atoms with Crippen LogP contribution in [0.15, 0.2) is 42.7 Å². The van der Waals surface area contributed by atoms with Crippen LogP contribution in [0.3, 0.4) is 0 Å². The lowest BCUT2D eigenvalue weighted by Crippen LogP contribution is -1.97. The highest BCUT2D eigenvalue weighted by atomic mass is 16.5. The van der Waals surface area contributed by atoms with Gasteiger partial charge in [0, 0.05) is 18.0 Å². The SMILES string of the molecule is CCCCCOc1cccc(-c2ncccn2)c1. The van der Waals surface area contributed by atoms with Crippen LogP contribution in [-0.4, -0.2) is 16.6 Å². The minimum Gasteiger partial charge on any atom is -0.494 e. The van der Waals surface area contributed by atoms with Gasteiger partial charge in [0.15, 0.2) is 5.82 Å². The van der Waals surface area contributed by atoms with Crippen molar-refractivity contribution in [1.82, 2.24) is 9.97 Å². The largest absolute Gasteiger partial charge is 0.494 e. The predicted molar refractivity (Wildman–Crippen MR) is 72.5 cm³/mol. The van der Waals surface area contributed by atoms with E-state index >= 15 is 0 Å². The van der Waals surface area contributed by atoms with Crippen LogP contribution in [0.5, 0.6) is 5.75 Å². The average molecular weight is 242 g/mol. The molecule has 3 nitrogen and oxygen atoms in total. The van der Waals surface area contributed by atoms with Gasteiger partial charge in [-0.15, -0.1) is 0 Å². The molecule has 3 heteroatoms. The third-order valence-electron chi connectivity index (χ3n) is 2.67. The van der Waals surface area contributed by atoms with Crippen molar-refractivity contribution >= 4 is 0 Å². The van der Waals surface area contributed by atoms with Gasteiger partial charge in [-0.3, -0.25) is 0 Å². The zero-order valence-corrected chi connectivity index (χ0v) is 10.7. The molecule has 0 N–H and O–H groups in total. The fraction of sp³-hybridized carbons (Fsp3) is 0.333. The minimum absolute atomic E-state index is 0.733. The second-order valence-corrected chi connectivity index (χ2v) is 4.16. The second-order valence-electron chi connectivity index (χ2n) is 4.16. The molecule has 1 aromatic heterocycles. The summed E-state index contributed by atoms with van der Waals surface area (Å²) in [7, 11) is 0. The molecule has 0 saturated heterocycles. The summed E-state index contributed by atoms with van der Waals surface area (Å²) < 4.78 is 5.71. The fourth-order valence-corrected chi connectivity index (χ4v) is 1.72. The molecule has 0 atom stereocenters. The number of hydrogen-bond donors (Lipinski definition) is 0. The summed E-state index contributed by atoms with van der Waals surface area (Å²) in [6.45, 7) is 2.96. The van der Waals surface area contributed by atoms with Gasteiger partial charge in [0.25, 0.3) is 0 Å². The Morgan fingerprint density at radius 2 is 1.89 bits per heavy atom. The van der Waals surface area contributed by atoms with Crippen LogP contribution >= 0.6 is 0 Å². The first kappa shape index (κ1) is 12.6. The van der Waals surface area contributed by atoms with Crippen LogP contribution < -0.4 is 4.74 Å². The molecule has 0 saturated carbocycles. The number of nitrogens with zero attached hydrogens (tertiary/aromatic N) is 2. The van der Waals surface area contributed by atoms with Gasteiger partial charge in [-0.2, -0.15) is 0 Å². The Morgan fingerprint density at radius 3 is 2.67 bits per heavy atom. The molecule has 2 aromatic rings. The van der Waals surface area contributed by atoms with Crippen molar-refractivity contribution in [2.45, 2.75) is 26.2 Å². The maximum atomic E-state index is 5.71. The van der Waals surface area contributed by atoms with E-state index in [0.717, 1.165) is 30.2 Å². The molecule has 2 rings (SSSR count). The number of rotatable bonds is 6. The van der Waals surface area contributed by atoms with E-state index in [0.29, 0.717) is 0 Å². The molecular weight excluding hydrogens is 224 g/mol. The highest BCUT2D eigenvalue weighted by molar-refractivity contribution is 5.56. The van der Waals surface area contributed by atoms with Gasteiger partial charge in [0.1, 0.15) is 5.75 Å². The standard InChI is InChI=1S/C15H18N2O/c1-2-3-4-11-18-14-8-5-7-13(12-14)15-16-9-6-10-17-15/h5-10,12H,2-4,11H2,1H3. The van der Waals surface area contributed by atoms with Crippen LogP contribution in [0.1, 0.15) is 26.2 Å². The summed E-state index contributed by atoms with van der Waals surface area (Å²) in [4.78, 5) is 8.47. The first-order valence-corrected chi connectivity index (χ1v) is 6.40. The van der Waals surface area contributed by atoms with E-state index in [1.54, 1.807) is 12.4 Å². The molecule has 94 valence electrons. The third-order valence-corrected chi connectivity index (χ3v) is 2.67. The molecule has 1 aromatic carbocycles. The van der Waals surface area contributed by atoms with E-state index in [4.69, 9.17) is 4.74 Å². The van der Waals surface area contributed by atoms with Crippen molar-refractivity contribution in [3.05, 3.63) is 42.7 Å². The maximum Gasteiger partial charge on any atom is 0.159 e. The van der Waals surface area contributed by atoms with Crippen molar-refractivity contribution in [2.24, 2.45) is 0 Å². The zero-order chi connectivity index (χ0) is 12.6. The zero-order valence-electron chi connectivity index (χ0n) is 10.7. The average Bonchev–Trinajstić information content (AvgIpc) is 2.45. The lowest BCUT2D eigenvalue weighted by atomic mass is 10.2. The predicted octanol–water partition coefficient (Wildman–Crippen LogP) is 3.71. The van der Waals surface area contributed by atoms with Crippen LogP contribution in [0.25, 0.3) is 11.4 Å². The van der Waals surface area contributed by atoms with E-state index < -0.39 is 0 Å².